The highest BCUT2D eigenvalue weighted by Gasteiger charge is 2.11. The van der Waals surface area contributed by atoms with Crippen molar-refractivity contribution in [1.29, 1.82) is 0 Å². The number of phenolic OH excluding ortho intramolecular Hbond substituents is 1. The second-order valence-electron chi connectivity index (χ2n) is 8.01. The molecule has 30 heavy (non-hydrogen) atoms. The molecule has 1 fully saturated rings. The van der Waals surface area contributed by atoms with E-state index in [-0.39, 0.29) is 5.75 Å². The second-order valence-corrected chi connectivity index (χ2v) is 8.01. The van der Waals surface area contributed by atoms with Crippen molar-refractivity contribution in [3.63, 3.8) is 0 Å². The van der Waals surface area contributed by atoms with E-state index in [1.54, 1.807) is 12.1 Å². The fraction of sp³-hybridized carbons (Fsp3) is 0.440. The van der Waals surface area contributed by atoms with E-state index >= 15 is 0 Å². The SMILES string of the molecule is COc1ccc(C/C(=C/c2ccc(F)cc2F)CCCCCN2CCCC2)cc1O. The number of aromatic hydroxyl groups is 1. The van der Waals surface area contributed by atoms with Gasteiger partial charge >= 0.3 is 0 Å². The summed E-state index contributed by atoms with van der Waals surface area (Å²) in [6, 6.07) is 8.99. The molecule has 0 aliphatic carbocycles. The van der Waals surface area contributed by atoms with Crippen molar-refractivity contribution in [2.75, 3.05) is 26.7 Å². The average molecular weight is 416 g/mol. The number of halogens is 2. The molecular formula is C25H31F2NO2. The molecule has 3 nitrogen and oxygen atoms in total. The molecule has 5 heteroatoms. The topological polar surface area (TPSA) is 32.7 Å². The van der Waals surface area contributed by atoms with E-state index in [2.05, 4.69) is 4.90 Å². The van der Waals surface area contributed by atoms with Crippen LogP contribution in [0.4, 0.5) is 8.78 Å². The van der Waals surface area contributed by atoms with Gasteiger partial charge in [0.2, 0.25) is 0 Å². The highest BCUT2D eigenvalue weighted by Crippen LogP contribution is 2.28. The maximum Gasteiger partial charge on any atom is 0.160 e. The van der Waals surface area contributed by atoms with Crippen LogP contribution in [-0.4, -0.2) is 36.8 Å². The summed E-state index contributed by atoms with van der Waals surface area (Å²) < 4.78 is 32.5. The monoisotopic (exact) mass is 415 g/mol. The Balaban J connectivity index is 1.66. The molecule has 0 spiro atoms. The number of hydrogen-bond acceptors (Lipinski definition) is 3. The average Bonchev–Trinajstić information content (AvgIpc) is 3.23. The molecule has 0 amide bonds. The molecule has 0 atom stereocenters. The molecule has 0 unspecified atom stereocenters. The fourth-order valence-corrected chi connectivity index (χ4v) is 4.03. The molecule has 0 bridgehead atoms. The van der Waals surface area contributed by atoms with Crippen LogP contribution in [0, 0.1) is 11.6 Å². The van der Waals surface area contributed by atoms with Crippen LogP contribution in [0.1, 0.15) is 49.7 Å². The summed E-state index contributed by atoms with van der Waals surface area (Å²) >= 11 is 0. The van der Waals surface area contributed by atoms with E-state index in [4.69, 9.17) is 4.74 Å². The van der Waals surface area contributed by atoms with Gasteiger partial charge < -0.3 is 14.7 Å². The first-order valence-electron chi connectivity index (χ1n) is 10.8. The number of methoxy groups -OCH3 is 1. The number of rotatable bonds is 10. The summed E-state index contributed by atoms with van der Waals surface area (Å²) in [5.74, 6) is -0.615. The van der Waals surface area contributed by atoms with Crippen LogP contribution < -0.4 is 4.74 Å². The Morgan fingerprint density at radius 1 is 1.07 bits per heavy atom. The lowest BCUT2D eigenvalue weighted by Gasteiger charge is -2.14. The predicted octanol–water partition coefficient (Wildman–Crippen LogP) is 5.96. The molecule has 2 aromatic carbocycles. The Morgan fingerprint density at radius 2 is 1.87 bits per heavy atom. The first kappa shape index (κ1) is 22.3. The minimum Gasteiger partial charge on any atom is -0.504 e. The number of hydrogen-bond donors (Lipinski definition) is 1. The van der Waals surface area contributed by atoms with Gasteiger partial charge in [0, 0.05) is 11.6 Å². The van der Waals surface area contributed by atoms with Gasteiger partial charge in [0.1, 0.15) is 11.6 Å². The molecule has 1 aliphatic rings. The van der Waals surface area contributed by atoms with Gasteiger partial charge in [0.05, 0.1) is 7.11 Å². The summed E-state index contributed by atoms with van der Waals surface area (Å²) in [5.41, 5.74) is 2.38. The largest absolute Gasteiger partial charge is 0.504 e. The molecule has 1 saturated heterocycles. The second kappa shape index (κ2) is 11.1. The van der Waals surface area contributed by atoms with E-state index in [0.717, 1.165) is 43.0 Å². The maximum absolute atomic E-state index is 14.2. The number of phenols is 1. The van der Waals surface area contributed by atoms with E-state index in [9.17, 15) is 13.9 Å². The first-order chi connectivity index (χ1) is 14.5. The lowest BCUT2D eigenvalue weighted by molar-refractivity contribution is 0.328. The Bertz CT molecular complexity index is 860. The van der Waals surface area contributed by atoms with Crippen LogP contribution >= 0.6 is 0 Å². The number of benzene rings is 2. The van der Waals surface area contributed by atoms with Gasteiger partial charge in [-0.15, -0.1) is 0 Å². The van der Waals surface area contributed by atoms with Gasteiger partial charge in [-0.2, -0.15) is 0 Å². The van der Waals surface area contributed by atoms with Crippen LogP contribution in [0.15, 0.2) is 42.0 Å². The Kier molecular flexibility index (Phi) is 8.26. The van der Waals surface area contributed by atoms with Crippen LogP contribution in [0.25, 0.3) is 6.08 Å². The zero-order valence-corrected chi connectivity index (χ0v) is 17.7. The Morgan fingerprint density at radius 3 is 2.57 bits per heavy atom. The lowest BCUT2D eigenvalue weighted by atomic mass is 9.97. The van der Waals surface area contributed by atoms with Crippen LogP contribution in [-0.2, 0) is 6.42 Å². The van der Waals surface area contributed by atoms with Crippen LogP contribution in [0.5, 0.6) is 11.5 Å². The highest BCUT2D eigenvalue weighted by molar-refractivity contribution is 5.55. The first-order valence-corrected chi connectivity index (χ1v) is 10.8. The van der Waals surface area contributed by atoms with E-state index < -0.39 is 11.6 Å². The molecule has 0 saturated carbocycles. The van der Waals surface area contributed by atoms with Gasteiger partial charge in [-0.25, -0.2) is 8.78 Å². The number of nitrogens with zero attached hydrogens (tertiary/aromatic N) is 1. The van der Waals surface area contributed by atoms with Crippen molar-refractivity contribution in [1.82, 2.24) is 4.90 Å². The summed E-state index contributed by atoms with van der Waals surface area (Å²) in [6.07, 6.45) is 9.18. The number of allylic oxidation sites excluding steroid dienone is 1. The number of likely N-dealkylation sites (tertiary alicyclic amines) is 1. The fourth-order valence-electron chi connectivity index (χ4n) is 4.03. The van der Waals surface area contributed by atoms with Gasteiger partial charge in [-0.1, -0.05) is 24.1 Å². The Hall–Kier alpha value is -2.40. The minimum atomic E-state index is -0.576. The molecule has 0 aromatic heterocycles. The normalized spacial score (nSPS) is 15.0. The van der Waals surface area contributed by atoms with Crippen molar-refractivity contribution < 1.29 is 18.6 Å². The third kappa shape index (κ3) is 6.56. The van der Waals surface area contributed by atoms with Crippen molar-refractivity contribution in [3.05, 3.63) is 64.7 Å². The zero-order valence-electron chi connectivity index (χ0n) is 17.7. The van der Waals surface area contributed by atoms with E-state index in [1.165, 1.54) is 51.6 Å². The quantitative estimate of drug-likeness (QED) is 0.486. The molecule has 162 valence electrons. The molecule has 0 radical (unpaired) electrons. The van der Waals surface area contributed by atoms with Crippen molar-refractivity contribution >= 4 is 6.08 Å². The third-order valence-corrected chi connectivity index (χ3v) is 5.67. The third-order valence-electron chi connectivity index (χ3n) is 5.67. The highest BCUT2D eigenvalue weighted by atomic mass is 19.1. The van der Waals surface area contributed by atoms with Crippen LogP contribution in [0.3, 0.4) is 0 Å². The van der Waals surface area contributed by atoms with E-state index in [1.807, 2.05) is 12.1 Å². The summed E-state index contributed by atoms with van der Waals surface area (Å²) in [4.78, 5) is 2.52. The zero-order chi connectivity index (χ0) is 21.3. The van der Waals surface area contributed by atoms with Gasteiger partial charge in [-0.05, 0) is 88.0 Å². The summed E-state index contributed by atoms with van der Waals surface area (Å²) in [7, 11) is 1.51. The lowest BCUT2D eigenvalue weighted by Crippen LogP contribution is -2.20. The predicted molar refractivity (Wildman–Crippen MR) is 117 cm³/mol. The molecule has 2 aromatic rings. The Labute approximate surface area is 178 Å². The van der Waals surface area contributed by atoms with Gasteiger partial charge in [0.15, 0.2) is 11.5 Å². The maximum atomic E-state index is 14.2. The van der Waals surface area contributed by atoms with Crippen molar-refractivity contribution in [2.24, 2.45) is 0 Å². The smallest absolute Gasteiger partial charge is 0.160 e. The molecular weight excluding hydrogens is 384 g/mol. The van der Waals surface area contributed by atoms with Gasteiger partial charge in [0.25, 0.3) is 0 Å². The molecule has 1 heterocycles. The minimum absolute atomic E-state index is 0.0907. The standard InChI is InChI=1S/C25H31F2NO2/c1-30-25-11-8-20(17-24(25)29)15-19(16-21-9-10-22(26)18-23(21)27)7-3-2-4-12-28-13-5-6-14-28/h8-11,16-18,29H,2-7,12-15H2,1H3/b19-16+. The summed E-state index contributed by atoms with van der Waals surface area (Å²) in [6.45, 7) is 3.59. The number of ether oxygens (including phenoxy) is 1. The molecule has 1 aliphatic heterocycles. The van der Waals surface area contributed by atoms with Gasteiger partial charge in [-0.3, -0.25) is 0 Å². The van der Waals surface area contributed by atoms with E-state index in [0.29, 0.717) is 17.7 Å². The van der Waals surface area contributed by atoms with Crippen molar-refractivity contribution in [3.8, 4) is 11.5 Å². The van der Waals surface area contributed by atoms with Crippen LogP contribution in [0.2, 0.25) is 0 Å². The molecule has 1 N–H and O–H groups in total. The van der Waals surface area contributed by atoms with Crippen molar-refractivity contribution in [2.45, 2.75) is 44.9 Å². The number of unbranched alkanes of at least 4 members (excludes halogenated alkanes) is 2. The molecule has 3 rings (SSSR count). The summed E-state index contributed by atoms with van der Waals surface area (Å²) in [5, 5.41) is 10.1.